The number of hydrogen-bond acceptors (Lipinski definition) is 3. The largest absolute Gasteiger partial charge is 0.311 e. The van der Waals surface area contributed by atoms with Crippen LogP contribution in [0.4, 0.5) is 11.4 Å². The van der Waals surface area contributed by atoms with Gasteiger partial charge in [-0.25, -0.2) is 8.42 Å². The maximum Gasteiger partial charge on any atom is 0.261 e. The molecular weight excluding hydrogens is 336 g/mol. The third-order valence-electron chi connectivity index (χ3n) is 4.97. The maximum atomic E-state index is 12.9. The van der Waals surface area contributed by atoms with E-state index in [1.807, 2.05) is 30.9 Å². The number of carbonyl (C=O) groups excluding carboxylic acids is 1. The van der Waals surface area contributed by atoms with Crippen LogP contribution in [0.3, 0.4) is 0 Å². The lowest BCUT2D eigenvalue weighted by atomic mass is 9.97. The molecule has 0 spiro atoms. The normalized spacial score (nSPS) is 19.0. The highest BCUT2D eigenvalue weighted by Crippen LogP contribution is 2.44. The minimum absolute atomic E-state index is 0.0668. The Labute approximate surface area is 147 Å². The molecule has 0 bridgehead atoms. The number of nitrogens with one attached hydrogen (secondary N) is 1. The number of nitrogens with zero attached hydrogens (tertiary/aromatic N) is 1. The van der Waals surface area contributed by atoms with Crippen LogP contribution in [0.1, 0.15) is 36.0 Å². The molecule has 0 fully saturated rings. The molecule has 130 valence electrons. The Morgan fingerprint density at radius 2 is 2.00 bits per heavy atom. The van der Waals surface area contributed by atoms with Crippen molar-refractivity contribution in [3.8, 4) is 0 Å². The van der Waals surface area contributed by atoms with Gasteiger partial charge in [-0.2, -0.15) is 0 Å². The first kappa shape index (κ1) is 16.1. The van der Waals surface area contributed by atoms with Gasteiger partial charge >= 0.3 is 0 Å². The summed E-state index contributed by atoms with van der Waals surface area (Å²) in [5.74, 6) is -0.224. The van der Waals surface area contributed by atoms with Crippen molar-refractivity contribution in [1.29, 1.82) is 0 Å². The third kappa shape index (κ3) is 2.61. The van der Waals surface area contributed by atoms with Crippen LogP contribution in [-0.2, 0) is 21.2 Å². The molecule has 1 N–H and O–H groups in total. The minimum Gasteiger partial charge on any atom is -0.311 e. The number of amides is 1. The summed E-state index contributed by atoms with van der Waals surface area (Å²) in [7, 11) is -3.70. The van der Waals surface area contributed by atoms with E-state index in [1.165, 1.54) is 0 Å². The van der Waals surface area contributed by atoms with Crippen molar-refractivity contribution in [2.75, 3.05) is 16.2 Å². The highest BCUT2D eigenvalue weighted by atomic mass is 32.2. The van der Waals surface area contributed by atoms with Gasteiger partial charge in [0.2, 0.25) is 5.91 Å². The van der Waals surface area contributed by atoms with Crippen molar-refractivity contribution in [2.24, 2.45) is 0 Å². The van der Waals surface area contributed by atoms with Gasteiger partial charge in [0.05, 0.1) is 16.5 Å². The molecule has 2 aliphatic heterocycles. The highest BCUT2D eigenvalue weighted by molar-refractivity contribution is 7.92. The van der Waals surface area contributed by atoms with Gasteiger partial charge in [-0.05, 0) is 67.6 Å². The number of sulfonamides is 1. The van der Waals surface area contributed by atoms with Gasteiger partial charge < -0.3 is 4.90 Å². The minimum atomic E-state index is -3.70. The Bertz CT molecular complexity index is 982. The molecule has 2 aromatic carbocycles. The van der Waals surface area contributed by atoms with Gasteiger partial charge in [-0.3, -0.25) is 9.52 Å². The number of carbonyl (C=O) groups is 1. The van der Waals surface area contributed by atoms with Crippen LogP contribution in [0, 0.1) is 6.92 Å². The predicted molar refractivity (Wildman–Crippen MR) is 97.5 cm³/mol. The van der Waals surface area contributed by atoms with Gasteiger partial charge in [0.25, 0.3) is 10.0 Å². The van der Waals surface area contributed by atoms with E-state index in [0.29, 0.717) is 5.69 Å². The Morgan fingerprint density at radius 1 is 1.20 bits per heavy atom. The molecule has 0 aromatic heterocycles. The lowest BCUT2D eigenvalue weighted by Crippen LogP contribution is -2.32. The molecule has 2 heterocycles. The Morgan fingerprint density at radius 3 is 2.76 bits per heavy atom. The van der Waals surface area contributed by atoms with Crippen LogP contribution in [0.25, 0.3) is 0 Å². The number of anilines is 2. The SMILES string of the molecule is Cc1cccc(NS(=O)(=O)c2cc3c4c(c2)[C@H](C)C(=O)N4CCC3)c1. The molecule has 1 amide bonds. The lowest BCUT2D eigenvalue weighted by molar-refractivity contribution is -0.119. The van der Waals surface area contributed by atoms with E-state index in [4.69, 9.17) is 0 Å². The predicted octanol–water partition coefficient (Wildman–Crippen LogP) is 3.19. The molecule has 2 aromatic rings. The Kier molecular flexibility index (Phi) is 3.61. The first-order valence-electron chi connectivity index (χ1n) is 8.44. The van der Waals surface area contributed by atoms with E-state index in [1.54, 1.807) is 24.3 Å². The van der Waals surface area contributed by atoms with E-state index in [-0.39, 0.29) is 16.7 Å². The van der Waals surface area contributed by atoms with Gasteiger partial charge in [0.15, 0.2) is 0 Å². The van der Waals surface area contributed by atoms with Crippen molar-refractivity contribution in [2.45, 2.75) is 37.5 Å². The third-order valence-corrected chi connectivity index (χ3v) is 6.33. The second-order valence-electron chi connectivity index (χ2n) is 6.81. The summed E-state index contributed by atoms with van der Waals surface area (Å²) in [6.07, 6.45) is 1.66. The number of rotatable bonds is 3. The molecule has 4 rings (SSSR count). The molecule has 6 heteroatoms. The van der Waals surface area contributed by atoms with E-state index in [2.05, 4.69) is 4.72 Å². The molecule has 0 aliphatic carbocycles. The van der Waals surface area contributed by atoms with E-state index in [0.717, 1.165) is 41.8 Å². The van der Waals surface area contributed by atoms with Crippen LogP contribution in [0.5, 0.6) is 0 Å². The fraction of sp³-hybridized carbons (Fsp3) is 0.316. The van der Waals surface area contributed by atoms with Crippen LogP contribution >= 0.6 is 0 Å². The lowest BCUT2D eigenvalue weighted by Gasteiger charge is -2.26. The van der Waals surface area contributed by atoms with Crippen molar-refractivity contribution in [3.05, 3.63) is 53.1 Å². The fourth-order valence-electron chi connectivity index (χ4n) is 3.74. The van der Waals surface area contributed by atoms with Crippen LogP contribution in [0.15, 0.2) is 41.3 Å². The molecule has 5 nitrogen and oxygen atoms in total. The van der Waals surface area contributed by atoms with Gasteiger partial charge in [-0.1, -0.05) is 12.1 Å². The van der Waals surface area contributed by atoms with Gasteiger partial charge in [0.1, 0.15) is 0 Å². The second kappa shape index (κ2) is 5.59. The van der Waals surface area contributed by atoms with E-state index in [9.17, 15) is 13.2 Å². The average Bonchev–Trinajstić information content (AvgIpc) is 2.81. The molecule has 1 atom stereocenters. The van der Waals surface area contributed by atoms with Crippen molar-refractivity contribution in [1.82, 2.24) is 0 Å². The van der Waals surface area contributed by atoms with Crippen molar-refractivity contribution in [3.63, 3.8) is 0 Å². The molecule has 0 radical (unpaired) electrons. The maximum absolute atomic E-state index is 12.9. The monoisotopic (exact) mass is 356 g/mol. The van der Waals surface area contributed by atoms with E-state index < -0.39 is 10.0 Å². The van der Waals surface area contributed by atoms with Gasteiger partial charge in [0, 0.05) is 12.2 Å². The highest BCUT2D eigenvalue weighted by Gasteiger charge is 2.38. The zero-order valence-corrected chi connectivity index (χ0v) is 15.1. The molecular formula is C19H20N2O3S. The van der Waals surface area contributed by atoms with Gasteiger partial charge in [-0.15, -0.1) is 0 Å². The zero-order chi connectivity index (χ0) is 17.8. The summed E-state index contributed by atoms with van der Waals surface area (Å²) in [5, 5.41) is 0. The summed E-state index contributed by atoms with van der Waals surface area (Å²) < 4.78 is 28.4. The number of aryl methyl sites for hydroxylation is 2. The molecule has 0 saturated heterocycles. The smallest absolute Gasteiger partial charge is 0.261 e. The topological polar surface area (TPSA) is 66.5 Å². The number of benzene rings is 2. The second-order valence-corrected chi connectivity index (χ2v) is 8.49. The first-order chi connectivity index (χ1) is 11.9. The Hall–Kier alpha value is -2.34. The van der Waals surface area contributed by atoms with Crippen LogP contribution < -0.4 is 9.62 Å². The Balaban J connectivity index is 1.78. The summed E-state index contributed by atoms with van der Waals surface area (Å²) in [6, 6.07) is 10.6. The fourth-order valence-corrected chi connectivity index (χ4v) is 4.88. The van der Waals surface area contributed by atoms with Crippen LogP contribution in [-0.4, -0.2) is 20.9 Å². The quantitative estimate of drug-likeness (QED) is 0.918. The first-order valence-corrected chi connectivity index (χ1v) is 9.93. The summed E-state index contributed by atoms with van der Waals surface area (Å²) >= 11 is 0. The molecule has 0 unspecified atom stereocenters. The van der Waals surface area contributed by atoms with E-state index >= 15 is 0 Å². The van der Waals surface area contributed by atoms with Crippen molar-refractivity contribution >= 4 is 27.3 Å². The summed E-state index contributed by atoms with van der Waals surface area (Å²) in [6.45, 7) is 4.48. The summed E-state index contributed by atoms with van der Waals surface area (Å²) in [5.41, 5.74) is 4.23. The number of hydrogen-bond donors (Lipinski definition) is 1. The molecule has 0 saturated carbocycles. The van der Waals surface area contributed by atoms with Crippen LogP contribution in [0.2, 0.25) is 0 Å². The van der Waals surface area contributed by atoms with Crippen molar-refractivity contribution < 1.29 is 13.2 Å². The standard InChI is InChI=1S/C19H20N2O3S/c1-12-5-3-7-15(9-12)20-25(23,24)16-10-14-6-4-8-21-18(14)17(11-16)13(2)19(21)22/h3,5,7,9-11,13,20H,4,6,8H2,1-2H3/t13-/m0/s1. The average molecular weight is 356 g/mol. The molecule has 25 heavy (non-hydrogen) atoms. The molecule has 2 aliphatic rings. The summed E-state index contributed by atoms with van der Waals surface area (Å²) in [4.78, 5) is 14.5. The zero-order valence-electron chi connectivity index (χ0n) is 14.2.